The SMILES string of the molecule is CC(C)CC(=O)NCCC(=O)N[C@@H](C)C(=O)N[C@@H](C)C(=O)C(C)C. The molecule has 3 N–H and O–H groups in total. The van der Waals surface area contributed by atoms with E-state index in [1.165, 1.54) is 0 Å². The number of amides is 3. The van der Waals surface area contributed by atoms with Crippen LogP contribution < -0.4 is 16.0 Å². The Morgan fingerprint density at radius 2 is 1.38 bits per heavy atom. The molecule has 0 aliphatic rings. The van der Waals surface area contributed by atoms with Crippen LogP contribution in [0, 0.1) is 11.8 Å². The van der Waals surface area contributed by atoms with Gasteiger partial charge in [0.25, 0.3) is 0 Å². The van der Waals surface area contributed by atoms with Crippen molar-refractivity contribution in [2.75, 3.05) is 6.54 Å². The van der Waals surface area contributed by atoms with Crippen LogP contribution in [0.15, 0.2) is 0 Å². The van der Waals surface area contributed by atoms with Gasteiger partial charge in [0, 0.05) is 25.3 Å². The van der Waals surface area contributed by atoms with Crippen molar-refractivity contribution in [3.63, 3.8) is 0 Å². The Morgan fingerprint density at radius 1 is 0.792 bits per heavy atom. The van der Waals surface area contributed by atoms with E-state index in [1.54, 1.807) is 27.7 Å². The fraction of sp³-hybridized carbons (Fsp3) is 0.765. The first kappa shape index (κ1) is 22.1. The van der Waals surface area contributed by atoms with Crippen LogP contribution >= 0.6 is 0 Å². The number of hydrogen-bond donors (Lipinski definition) is 3. The summed E-state index contributed by atoms with van der Waals surface area (Å²) in [7, 11) is 0. The van der Waals surface area contributed by atoms with Gasteiger partial charge < -0.3 is 16.0 Å². The predicted molar refractivity (Wildman–Crippen MR) is 92.1 cm³/mol. The largest absolute Gasteiger partial charge is 0.356 e. The minimum Gasteiger partial charge on any atom is -0.356 e. The molecule has 0 aliphatic heterocycles. The lowest BCUT2D eigenvalue weighted by molar-refractivity contribution is -0.131. The number of rotatable bonds is 10. The van der Waals surface area contributed by atoms with Crippen molar-refractivity contribution in [1.82, 2.24) is 16.0 Å². The highest BCUT2D eigenvalue weighted by molar-refractivity contribution is 5.93. The van der Waals surface area contributed by atoms with E-state index in [1.807, 2.05) is 13.8 Å². The lowest BCUT2D eigenvalue weighted by Crippen LogP contribution is -2.50. The summed E-state index contributed by atoms with van der Waals surface area (Å²) in [6.07, 6.45) is 0.518. The Hall–Kier alpha value is -1.92. The van der Waals surface area contributed by atoms with Gasteiger partial charge in [-0.05, 0) is 19.8 Å². The first-order valence-electron chi connectivity index (χ1n) is 8.44. The zero-order chi connectivity index (χ0) is 18.9. The molecule has 0 heterocycles. The molecule has 3 amide bonds. The summed E-state index contributed by atoms with van der Waals surface area (Å²) >= 11 is 0. The van der Waals surface area contributed by atoms with Gasteiger partial charge in [-0.2, -0.15) is 0 Å². The Morgan fingerprint density at radius 3 is 1.88 bits per heavy atom. The normalized spacial score (nSPS) is 13.3. The van der Waals surface area contributed by atoms with Crippen LogP contribution in [0.3, 0.4) is 0 Å². The van der Waals surface area contributed by atoms with Crippen molar-refractivity contribution in [2.45, 2.75) is 66.5 Å². The standard InChI is InChI=1S/C17H31N3O4/c1-10(2)9-15(22)18-8-7-14(21)19-13(6)17(24)20-12(5)16(23)11(3)4/h10-13H,7-9H2,1-6H3,(H,18,22)(H,19,21)(H,20,24)/t12-,13-/m0/s1. The number of carbonyl (C=O) groups excluding carboxylic acids is 4. The molecule has 0 spiro atoms. The highest BCUT2D eigenvalue weighted by atomic mass is 16.2. The van der Waals surface area contributed by atoms with Gasteiger partial charge in [0.15, 0.2) is 5.78 Å². The van der Waals surface area contributed by atoms with Crippen LogP contribution in [0.2, 0.25) is 0 Å². The van der Waals surface area contributed by atoms with Crippen LogP contribution in [-0.4, -0.2) is 42.1 Å². The average molecular weight is 341 g/mol. The van der Waals surface area contributed by atoms with E-state index in [0.717, 1.165) is 0 Å². The third kappa shape index (κ3) is 9.27. The van der Waals surface area contributed by atoms with Crippen LogP contribution in [0.5, 0.6) is 0 Å². The minimum atomic E-state index is -0.744. The molecule has 2 atom stereocenters. The summed E-state index contributed by atoms with van der Waals surface area (Å²) in [6.45, 7) is 10.8. The zero-order valence-corrected chi connectivity index (χ0v) is 15.6. The van der Waals surface area contributed by atoms with E-state index >= 15 is 0 Å². The van der Waals surface area contributed by atoms with Crippen molar-refractivity contribution in [2.24, 2.45) is 11.8 Å². The fourth-order valence-corrected chi connectivity index (χ4v) is 2.05. The number of nitrogens with one attached hydrogen (secondary N) is 3. The molecule has 0 aromatic carbocycles. The quantitative estimate of drug-likeness (QED) is 0.546. The third-order valence-corrected chi connectivity index (χ3v) is 3.39. The first-order valence-corrected chi connectivity index (χ1v) is 8.44. The highest BCUT2D eigenvalue weighted by Crippen LogP contribution is 2.00. The van der Waals surface area contributed by atoms with Gasteiger partial charge in [-0.25, -0.2) is 0 Å². The molecule has 24 heavy (non-hydrogen) atoms. The molecule has 0 rings (SSSR count). The van der Waals surface area contributed by atoms with E-state index in [4.69, 9.17) is 0 Å². The highest BCUT2D eigenvalue weighted by Gasteiger charge is 2.22. The molecule has 0 aliphatic carbocycles. The van der Waals surface area contributed by atoms with Gasteiger partial charge in [-0.15, -0.1) is 0 Å². The zero-order valence-electron chi connectivity index (χ0n) is 15.6. The average Bonchev–Trinajstić information content (AvgIpc) is 2.44. The van der Waals surface area contributed by atoms with Crippen molar-refractivity contribution in [3.8, 4) is 0 Å². The van der Waals surface area contributed by atoms with Crippen molar-refractivity contribution in [1.29, 1.82) is 0 Å². The molecule has 0 fully saturated rings. The molecule has 0 saturated carbocycles. The van der Waals surface area contributed by atoms with Gasteiger partial charge >= 0.3 is 0 Å². The second-order valence-electron chi connectivity index (χ2n) is 6.77. The smallest absolute Gasteiger partial charge is 0.242 e. The Balaban J connectivity index is 4.15. The number of Topliss-reactive ketones (excluding diaryl/α,β-unsaturated/α-hetero) is 1. The second-order valence-corrected chi connectivity index (χ2v) is 6.77. The topological polar surface area (TPSA) is 104 Å². The van der Waals surface area contributed by atoms with E-state index in [9.17, 15) is 19.2 Å². The van der Waals surface area contributed by atoms with Crippen LogP contribution in [-0.2, 0) is 19.2 Å². The van der Waals surface area contributed by atoms with Crippen LogP contribution in [0.4, 0.5) is 0 Å². The molecule has 0 aromatic rings. The van der Waals surface area contributed by atoms with Gasteiger partial charge in [-0.3, -0.25) is 19.2 Å². The van der Waals surface area contributed by atoms with E-state index < -0.39 is 18.0 Å². The monoisotopic (exact) mass is 341 g/mol. The van der Waals surface area contributed by atoms with Crippen LogP contribution in [0.1, 0.15) is 54.4 Å². The summed E-state index contributed by atoms with van der Waals surface area (Å²) in [4.78, 5) is 47.0. The number of ketones is 1. The molecule has 0 aromatic heterocycles. The summed E-state index contributed by atoms with van der Waals surface area (Å²) in [5.74, 6) is -0.795. The molecular weight excluding hydrogens is 310 g/mol. The second kappa shape index (κ2) is 10.8. The van der Waals surface area contributed by atoms with Crippen molar-refractivity contribution < 1.29 is 19.2 Å². The van der Waals surface area contributed by atoms with Gasteiger partial charge in [0.05, 0.1) is 6.04 Å². The maximum atomic E-state index is 12.0. The van der Waals surface area contributed by atoms with Gasteiger partial charge in [0.2, 0.25) is 17.7 Å². The Labute approximate surface area is 144 Å². The van der Waals surface area contributed by atoms with Gasteiger partial charge in [-0.1, -0.05) is 27.7 Å². The summed E-state index contributed by atoms with van der Waals surface area (Å²) in [6, 6.07) is -1.33. The molecule has 0 radical (unpaired) electrons. The molecule has 7 heteroatoms. The summed E-state index contributed by atoms with van der Waals surface area (Å²) in [5, 5.41) is 7.81. The summed E-state index contributed by atoms with van der Waals surface area (Å²) < 4.78 is 0. The van der Waals surface area contributed by atoms with Crippen LogP contribution in [0.25, 0.3) is 0 Å². The molecule has 0 saturated heterocycles. The lowest BCUT2D eigenvalue weighted by atomic mass is 10.0. The van der Waals surface area contributed by atoms with E-state index in [2.05, 4.69) is 16.0 Å². The molecule has 138 valence electrons. The van der Waals surface area contributed by atoms with Crippen molar-refractivity contribution >= 4 is 23.5 Å². The minimum absolute atomic E-state index is 0.0604. The Kier molecular flexibility index (Phi) is 9.92. The number of carbonyl (C=O) groups is 4. The predicted octanol–water partition coefficient (Wildman–Crippen LogP) is 0.773. The lowest BCUT2D eigenvalue weighted by Gasteiger charge is -2.19. The molecule has 7 nitrogen and oxygen atoms in total. The van der Waals surface area contributed by atoms with Gasteiger partial charge in [0.1, 0.15) is 6.04 Å². The molecular formula is C17H31N3O4. The van der Waals surface area contributed by atoms with E-state index in [-0.39, 0.29) is 42.4 Å². The van der Waals surface area contributed by atoms with Crippen molar-refractivity contribution in [3.05, 3.63) is 0 Å². The Bertz CT molecular complexity index is 461. The maximum absolute atomic E-state index is 12.0. The third-order valence-electron chi connectivity index (χ3n) is 3.39. The summed E-state index contributed by atoms with van der Waals surface area (Å²) in [5.41, 5.74) is 0. The first-order chi connectivity index (χ1) is 11.0. The van der Waals surface area contributed by atoms with E-state index in [0.29, 0.717) is 6.42 Å². The fourth-order valence-electron chi connectivity index (χ4n) is 2.05. The number of hydrogen-bond acceptors (Lipinski definition) is 4. The molecule has 0 unspecified atom stereocenters. The maximum Gasteiger partial charge on any atom is 0.242 e. The molecule has 0 bridgehead atoms.